The first-order valence-corrected chi connectivity index (χ1v) is 10.4. The van der Waals surface area contributed by atoms with Crippen LogP contribution < -0.4 is 16.4 Å². The summed E-state index contributed by atoms with van der Waals surface area (Å²) in [4.78, 5) is 52.9. The molecule has 4 aliphatic heterocycles. The summed E-state index contributed by atoms with van der Waals surface area (Å²) in [6, 6.07) is 4.29. The van der Waals surface area contributed by atoms with Crippen molar-refractivity contribution >= 4 is 40.9 Å². The number of hydrogen-bond donors (Lipinski definition) is 3. The average Bonchev–Trinajstić information content (AvgIpc) is 3.42. The van der Waals surface area contributed by atoms with Gasteiger partial charge in [0.25, 0.3) is 0 Å². The van der Waals surface area contributed by atoms with Crippen molar-refractivity contribution < 1.29 is 23.9 Å². The lowest BCUT2D eigenvalue weighted by Crippen LogP contribution is -2.54. The first-order valence-electron chi connectivity index (χ1n) is 9.98. The standard InChI is InChI=1S/C20H21ClN4O5/c21-11-5-1-4-10-16(11)23-19(29)20(10)15-14(12(24-20)7-13(22)26)17(27)25(18(15)28)8-9-3-2-6-30-9/h1,4-5,9,12,14-15,24H,2-3,6-8H2,(H2,22,26)(H,23,29)/t9?,12-,14-,15+,20+/m0/s1. The second kappa shape index (κ2) is 6.76. The molecule has 1 unspecified atom stereocenters. The molecule has 1 aromatic carbocycles. The molecule has 3 fully saturated rings. The maximum Gasteiger partial charge on any atom is 0.250 e. The van der Waals surface area contributed by atoms with Crippen molar-refractivity contribution in [1.29, 1.82) is 0 Å². The lowest BCUT2D eigenvalue weighted by Gasteiger charge is -2.30. The van der Waals surface area contributed by atoms with E-state index in [2.05, 4.69) is 10.6 Å². The molecule has 0 aromatic heterocycles. The molecular weight excluding hydrogens is 412 g/mol. The molecule has 1 spiro atoms. The summed E-state index contributed by atoms with van der Waals surface area (Å²) in [5.41, 5.74) is 4.84. The van der Waals surface area contributed by atoms with Gasteiger partial charge in [-0.3, -0.25) is 29.4 Å². The van der Waals surface area contributed by atoms with Crippen LogP contribution in [-0.4, -0.2) is 53.8 Å². The Morgan fingerprint density at radius 2 is 2.10 bits per heavy atom. The van der Waals surface area contributed by atoms with Crippen LogP contribution in [0.3, 0.4) is 0 Å². The number of rotatable bonds is 4. The average molecular weight is 433 g/mol. The van der Waals surface area contributed by atoms with Crippen LogP contribution in [0, 0.1) is 11.8 Å². The molecule has 0 bridgehead atoms. The highest BCUT2D eigenvalue weighted by Crippen LogP contribution is 2.54. The number of hydrogen-bond acceptors (Lipinski definition) is 6. The zero-order valence-corrected chi connectivity index (χ0v) is 16.8. The van der Waals surface area contributed by atoms with Gasteiger partial charge in [0.2, 0.25) is 23.6 Å². The Hall–Kier alpha value is -2.49. The number of ether oxygens (including phenoxy) is 1. The van der Waals surface area contributed by atoms with Crippen molar-refractivity contribution in [2.75, 3.05) is 18.5 Å². The van der Waals surface area contributed by atoms with Gasteiger partial charge >= 0.3 is 0 Å². The van der Waals surface area contributed by atoms with Crippen molar-refractivity contribution in [3.63, 3.8) is 0 Å². The smallest absolute Gasteiger partial charge is 0.250 e. The number of imide groups is 1. The van der Waals surface area contributed by atoms with Crippen molar-refractivity contribution in [2.24, 2.45) is 17.6 Å². The Balaban J connectivity index is 1.60. The zero-order chi connectivity index (χ0) is 21.2. The fourth-order valence-electron chi connectivity index (χ4n) is 5.42. The number of nitrogens with two attached hydrogens (primary N) is 1. The summed E-state index contributed by atoms with van der Waals surface area (Å²) in [5.74, 6) is -3.79. The molecule has 9 nitrogen and oxygen atoms in total. The molecular formula is C20H21ClN4O5. The van der Waals surface area contributed by atoms with Crippen LogP contribution in [0.1, 0.15) is 24.8 Å². The summed E-state index contributed by atoms with van der Waals surface area (Å²) in [7, 11) is 0. The Morgan fingerprint density at radius 1 is 1.30 bits per heavy atom. The van der Waals surface area contributed by atoms with Crippen LogP contribution in [0.25, 0.3) is 0 Å². The number of likely N-dealkylation sites (tertiary alicyclic amines) is 1. The number of primary amides is 1. The van der Waals surface area contributed by atoms with E-state index in [0.29, 0.717) is 22.9 Å². The van der Waals surface area contributed by atoms with Crippen LogP contribution in [0.4, 0.5) is 5.69 Å². The molecule has 0 saturated carbocycles. The molecule has 5 rings (SSSR count). The number of halogens is 1. The molecule has 1 aromatic rings. The van der Waals surface area contributed by atoms with E-state index < -0.39 is 47.0 Å². The second-order valence-corrected chi connectivity index (χ2v) is 8.68. The zero-order valence-electron chi connectivity index (χ0n) is 16.0. The molecule has 0 aliphatic carbocycles. The van der Waals surface area contributed by atoms with E-state index in [-0.39, 0.29) is 19.1 Å². The number of carbonyl (C=O) groups is 4. The maximum atomic E-state index is 13.5. The third-order valence-electron chi connectivity index (χ3n) is 6.62. The SMILES string of the molecule is NC(=O)C[C@@H]1N[C@@]2(C(=O)Nc3c(Cl)cccc32)[C@H]2C(=O)N(CC3CCCO3)C(=O)[C@@H]12. The number of nitrogens with zero attached hydrogens (tertiary/aromatic N) is 1. The fourth-order valence-corrected chi connectivity index (χ4v) is 5.64. The van der Waals surface area contributed by atoms with Gasteiger partial charge in [-0.15, -0.1) is 0 Å². The molecule has 3 saturated heterocycles. The fraction of sp³-hybridized carbons (Fsp3) is 0.500. The van der Waals surface area contributed by atoms with Crippen molar-refractivity contribution in [3.8, 4) is 0 Å². The minimum Gasteiger partial charge on any atom is -0.376 e. The first kappa shape index (κ1) is 19.5. The highest BCUT2D eigenvalue weighted by atomic mass is 35.5. The second-order valence-electron chi connectivity index (χ2n) is 8.27. The van der Waals surface area contributed by atoms with Gasteiger partial charge in [0.15, 0.2) is 0 Å². The van der Waals surface area contributed by atoms with Gasteiger partial charge in [-0.1, -0.05) is 23.7 Å². The normalized spacial score (nSPS) is 34.6. The van der Waals surface area contributed by atoms with Crippen LogP contribution in [0.2, 0.25) is 5.02 Å². The van der Waals surface area contributed by atoms with Gasteiger partial charge in [-0.05, 0) is 18.9 Å². The summed E-state index contributed by atoms with van der Waals surface area (Å²) >= 11 is 6.27. The number of benzene rings is 1. The summed E-state index contributed by atoms with van der Waals surface area (Å²) < 4.78 is 5.60. The van der Waals surface area contributed by atoms with Gasteiger partial charge < -0.3 is 15.8 Å². The van der Waals surface area contributed by atoms with E-state index in [9.17, 15) is 19.2 Å². The largest absolute Gasteiger partial charge is 0.376 e. The third-order valence-corrected chi connectivity index (χ3v) is 6.94. The van der Waals surface area contributed by atoms with E-state index in [4.69, 9.17) is 22.1 Å². The van der Waals surface area contributed by atoms with Crippen molar-refractivity contribution in [1.82, 2.24) is 10.2 Å². The third kappa shape index (κ3) is 2.55. The number of fused-ring (bicyclic) bond motifs is 4. The topological polar surface area (TPSA) is 131 Å². The molecule has 158 valence electrons. The summed E-state index contributed by atoms with van der Waals surface area (Å²) in [6.45, 7) is 0.742. The van der Waals surface area contributed by atoms with Crippen LogP contribution >= 0.6 is 11.6 Å². The Bertz CT molecular complexity index is 978. The molecule has 4 amide bonds. The van der Waals surface area contributed by atoms with Crippen LogP contribution in [0.5, 0.6) is 0 Å². The number of amides is 4. The van der Waals surface area contributed by atoms with Gasteiger partial charge in [-0.2, -0.15) is 0 Å². The number of nitrogens with one attached hydrogen (secondary N) is 2. The predicted octanol–water partition coefficient (Wildman–Crippen LogP) is 0.115. The Labute approximate surface area is 177 Å². The lowest BCUT2D eigenvalue weighted by molar-refractivity contribution is -0.144. The molecule has 5 atom stereocenters. The van der Waals surface area contributed by atoms with Crippen molar-refractivity contribution in [2.45, 2.75) is 36.9 Å². The lowest BCUT2D eigenvalue weighted by atomic mass is 9.76. The molecule has 4 aliphatic rings. The van der Waals surface area contributed by atoms with E-state index in [1.165, 1.54) is 4.90 Å². The van der Waals surface area contributed by atoms with E-state index in [1.54, 1.807) is 18.2 Å². The van der Waals surface area contributed by atoms with Crippen molar-refractivity contribution in [3.05, 3.63) is 28.8 Å². The van der Waals surface area contributed by atoms with Gasteiger partial charge in [0.05, 0.1) is 35.2 Å². The number of para-hydroxylation sites is 1. The predicted molar refractivity (Wildman–Crippen MR) is 105 cm³/mol. The molecule has 4 N–H and O–H groups in total. The summed E-state index contributed by atoms with van der Waals surface area (Å²) in [6.07, 6.45) is 1.25. The number of anilines is 1. The molecule has 4 heterocycles. The highest BCUT2D eigenvalue weighted by Gasteiger charge is 2.70. The quantitative estimate of drug-likeness (QED) is 0.579. The highest BCUT2D eigenvalue weighted by molar-refractivity contribution is 6.35. The van der Waals surface area contributed by atoms with Crippen LogP contribution in [-0.2, 0) is 29.5 Å². The number of carbonyl (C=O) groups excluding carboxylic acids is 4. The molecule has 10 heteroatoms. The Kier molecular flexibility index (Phi) is 4.39. The maximum absolute atomic E-state index is 13.5. The van der Waals surface area contributed by atoms with E-state index in [0.717, 1.165) is 12.8 Å². The minimum absolute atomic E-state index is 0.147. The van der Waals surface area contributed by atoms with E-state index >= 15 is 0 Å². The monoisotopic (exact) mass is 432 g/mol. The molecule has 30 heavy (non-hydrogen) atoms. The molecule has 0 radical (unpaired) electrons. The van der Waals surface area contributed by atoms with Gasteiger partial charge in [-0.25, -0.2) is 0 Å². The van der Waals surface area contributed by atoms with E-state index in [1.807, 2.05) is 0 Å². The first-order chi connectivity index (χ1) is 14.3. The van der Waals surface area contributed by atoms with Gasteiger partial charge in [0, 0.05) is 24.6 Å². The Morgan fingerprint density at radius 3 is 2.80 bits per heavy atom. The summed E-state index contributed by atoms with van der Waals surface area (Å²) in [5, 5.41) is 6.22. The minimum atomic E-state index is -1.48. The van der Waals surface area contributed by atoms with Gasteiger partial charge in [0.1, 0.15) is 5.54 Å². The van der Waals surface area contributed by atoms with Crippen LogP contribution in [0.15, 0.2) is 18.2 Å².